The molecular formula is C15H21ClN2O3. The molecule has 1 aromatic rings. The van der Waals surface area contributed by atoms with Gasteiger partial charge in [0.1, 0.15) is 0 Å². The van der Waals surface area contributed by atoms with Crippen molar-refractivity contribution < 1.29 is 14.7 Å². The summed E-state index contributed by atoms with van der Waals surface area (Å²) in [6.07, 6.45) is 0.148. The van der Waals surface area contributed by atoms with E-state index >= 15 is 0 Å². The van der Waals surface area contributed by atoms with E-state index in [0.717, 1.165) is 5.56 Å². The molecule has 0 saturated carbocycles. The molecular weight excluding hydrogens is 292 g/mol. The number of carbonyl (C=O) groups is 2. The van der Waals surface area contributed by atoms with Crippen molar-refractivity contribution in [2.45, 2.75) is 26.3 Å². The number of hydrogen-bond acceptors (Lipinski definition) is 3. The van der Waals surface area contributed by atoms with E-state index in [2.05, 4.69) is 5.32 Å². The van der Waals surface area contributed by atoms with Crippen LogP contribution in [-0.2, 0) is 9.59 Å². The number of rotatable bonds is 7. The third-order valence-electron chi connectivity index (χ3n) is 3.13. The van der Waals surface area contributed by atoms with Gasteiger partial charge in [0.05, 0.1) is 19.1 Å². The minimum absolute atomic E-state index is 0.0780. The molecule has 0 radical (unpaired) electrons. The van der Waals surface area contributed by atoms with Gasteiger partial charge in [-0.05, 0) is 24.6 Å². The van der Waals surface area contributed by atoms with E-state index in [0.29, 0.717) is 18.1 Å². The molecule has 0 bridgehead atoms. The van der Waals surface area contributed by atoms with Gasteiger partial charge in [0, 0.05) is 25.0 Å². The van der Waals surface area contributed by atoms with Crippen molar-refractivity contribution in [3.8, 4) is 0 Å². The maximum Gasteiger partial charge on any atom is 0.225 e. The average molecular weight is 313 g/mol. The molecule has 0 aliphatic heterocycles. The van der Waals surface area contributed by atoms with Crippen LogP contribution in [0.3, 0.4) is 0 Å². The smallest absolute Gasteiger partial charge is 0.225 e. The maximum atomic E-state index is 12.2. The predicted octanol–water partition coefficient (Wildman–Crippen LogP) is 1.75. The molecule has 2 N–H and O–H groups in total. The summed E-state index contributed by atoms with van der Waals surface area (Å²) in [6.45, 7) is 4.00. The average Bonchev–Trinajstić information content (AvgIpc) is 2.44. The van der Waals surface area contributed by atoms with Gasteiger partial charge in [0.25, 0.3) is 0 Å². The van der Waals surface area contributed by atoms with Crippen molar-refractivity contribution in [2.24, 2.45) is 0 Å². The molecule has 0 saturated heterocycles. The number of halogens is 1. The molecule has 2 amide bonds. The Kier molecular flexibility index (Phi) is 7.19. The van der Waals surface area contributed by atoms with Gasteiger partial charge in [-0.3, -0.25) is 9.59 Å². The zero-order chi connectivity index (χ0) is 15.8. The fourth-order valence-corrected chi connectivity index (χ4v) is 2.20. The summed E-state index contributed by atoms with van der Waals surface area (Å²) in [4.78, 5) is 25.1. The van der Waals surface area contributed by atoms with Crippen LogP contribution in [0, 0.1) is 0 Å². The monoisotopic (exact) mass is 312 g/mol. The van der Waals surface area contributed by atoms with Gasteiger partial charge in [-0.2, -0.15) is 0 Å². The zero-order valence-corrected chi connectivity index (χ0v) is 13.1. The molecule has 0 aromatic heterocycles. The summed E-state index contributed by atoms with van der Waals surface area (Å²) in [5.74, 6) is -0.312. The summed E-state index contributed by atoms with van der Waals surface area (Å²) in [7, 11) is 0. The van der Waals surface area contributed by atoms with Gasteiger partial charge in [-0.15, -0.1) is 0 Å². The lowest BCUT2D eigenvalue weighted by atomic mass is 10.0. The lowest BCUT2D eigenvalue weighted by Crippen LogP contribution is -2.37. The fourth-order valence-electron chi connectivity index (χ4n) is 2.08. The van der Waals surface area contributed by atoms with E-state index in [1.54, 1.807) is 29.2 Å². The first kappa shape index (κ1) is 17.5. The second kappa shape index (κ2) is 8.64. The summed E-state index contributed by atoms with van der Waals surface area (Å²) in [6, 6.07) is 6.63. The standard InChI is InChI=1S/C15H21ClN2O3/c1-3-18(8-9-19)15(21)10-14(17-11(2)20)12-4-6-13(16)7-5-12/h4-7,14,19H,3,8-10H2,1-2H3,(H,17,20). The van der Waals surface area contributed by atoms with E-state index in [1.807, 2.05) is 6.92 Å². The highest BCUT2D eigenvalue weighted by atomic mass is 35.5. The van der Waals surface area contributed by atoms with E-state index in [1.165, 1.54) is 6.92 Å². The minimum Gasteiger partial charge on any atom is -0.395 e. The molecule has 5 nitrogen and oxygen atoms in total. The summed E-state index contributed by atoms with van der Waals surface area (Å²) in [5, 5.41) is 12.3. The topological polar surface area (TPSA) is 69.6 Å². The van der Waals surface area contributed by atoms with Crippen LogP contribution in [0.25, 0.3) is 0 Å². The molecule has 0 aliphatic rings. The lowest BCUT2D eigenvalue weighted by molar-refractivity contribution is -0.132. The molecule has 1 atom stereocenters. The number of carbonyl (C=O) groups excluding carboxylic acids is 2. The molecule has 0 heterocycles. The third kappa shape index (κ3) is 5.73. The zero-order valence-electron chi connectivity index (χ0n) is 12.3. The van der Waals surface area contributed by atoms with Crippen LogP contribution < -0.4 is 5.32 Å². The Morgan fingerprint density at radius 3 is 2.43 bits per heavy atom. The van der Waals surface area contributed by atoms with Crippen molar-refractivity contribution in [2.75, 3.05) is 19.7 Å². The first-order valence-electron chi connectivity index (χ1n) is 6.89. The minimum atomic E-state index is -0.403. The molecule has 0 fully saturated rings. The molecule has 1 rings (SSSR count). The number of amides is 2. The Hall–Kier alpha value is -1.59. The van der Waals surface area contributed by atoms with Gasteiger partial charge in [0.15, 0.2) is 0 Å². The quantitative estimate of drug-likeness (QED) is 0.806. The van der Waals surface area contributed by atoms with Crippen molar-refractivity contribution in [3.05, 3.63) is 34.9 Å². The Bertz CT molecular complexity index is 476. The molecule has 0 spiro atoms. The number of hydrogen-bond donors (Lipinski definition) is 2. The van der Waals surface area contributed by atoms with Crippen molar-refractivity contribution >= 4 is 23.4 Å². The summed E-state index contributed by atoms with van der Waals surface area (Å²) in [5.41, 5.74) is 0.822. The van der Waals surface area contributed by atoms with Crippen molar-refractivity contribution in [1.29, 1.82) is 0 Å². The van der Waals surface area contributed by atoms with Crippen LogP contribution in [0.1, 0.15) is 31.9 Å². The first-order valence-corrected chi connectivity index (χ1v) is 7.27. The van der Waals surface area contributed by atoms with Crippen LogP contribution in [0.2, 0.25) is 5.02 Å². The molecule has 0 aliphatic carbocycles. The number of aliphatic hydroxyl groups excluding tert-OH is 1. The van der Waals surface area contributed by atoms with E-state index < -0.39 is 6.04 Å². The highest BCUT2D eigenvalue weighted by Crippen LogP contribution is 2.20. The van der Waals surface area contributed by atoms with Crippen molar-refractivity contribution in [3.63, 3.8) is 0 Å². The highest BCUT2D eigenvalue weighted by Gasteiger charge is 2.20. The van der Waals surface area contributed by atoms with Gasteiger partial charge in [-0.25, -0.2) is 0 Å². The van der Waals surface area contributed by atoms with Crippen LogP contribution in [0.15, 0.2) is 24.3 Å². The summed E-state index contributed by atoms with van der Waals surface area (Å²) < 4.78 is 0. The Balaban J connectivity index is 2.85. The van der Waals surface area contributed by atoms with Crippen LogP contribution in [-0.4, -0.2) is 41.5 Å². The number of likely N-dealkylation sites (N-methyl/N-ethyl adjacent to an activating group) is 1. The number of aliphatic hydroxyl groups is 1. The molecule has 21 heavy (non-hydrogen) atoms. The van der Waals surface area contributed by atoms with Gasteiger partial charge in [-0.1, -0.05) is 23.7 Å². The molecule has 116 valence electrons. The molecule has 6 heteroatoms. The molecule has 1 unspecified atom stereocenters. The largest absolute Gasteiger partial charge is 0.395 e. The maximum absolute atomic E-state index is 12.2. The Labute approximate surface area is 129 Å². The van der Waals surface area contributed by atoms with E-state index in [-0.39, 0.29) is 24.8 Å². The van der Waals surface area contributed by atoms with Crippen molar-refractivity contribution in [1.82, 2.24) is 10.2 Å². The van der Waals surface area contributed by atoms with Gasteiger partial charge >= 0.3 is 0 Å². The fraction of sp³-hybridized carbons (Fsp3) is 0.467. The number of nitrogens with zero attached hydrogens (tertiary/aromatic N) is 1. The van der Waals surface area contributed by atoms with Crippen LogP contribution in [0.5, 0.6) is 0 Å². The van der Waals surface area contributed by atoms with Crippen LogP contribution in [0.4, 0.5) is 0 Å². The van der Waals surface area contributed by atoms with E-state index in [4.69, 9.17) is 16.7 Å². The Morgan fingerprint density at radius 2 is 1.95 bits per heavy atom. The number of benzene rings is 1. The van der Waals surface area contributed by atoms with Crippen LogP contribution >= 0.6 is 11.6 Å². The van der Waals surface area contributed by atoms with E-state index in [9.17, 15) is 9.59 Å². The van der Waals surface area contributed by atoms with Gasteiger partial charge in [0.2, 0.25) is 11.8 Å². The highest BCUT2D eigenvalue weighted by molar-refractivity contribution is 6.30. The Morgan fingerprint density at radius 1 is 1.33 bits per heavy atom. The predicted molar refractivity (Wildman–Crippen MR) is 82.0 cm³/mol. The second-order valence-corrected chi connectivity index (χ2v) is 5.14. The third-order valence-corrected chi connectivity index (χ3v) is 3.38. The lowest BCUT2D eigenvalue weighted by Gasteiger charge is -2.24. The normalized spacial score (nSPS) is 11.8. The van der Waals surface area contributed by atoms with Gasteiger partial charge < -0.3 is 15.3 Å². The summed E-state index contributed by atoms with van der Waals surface area (Å²) >= 11 is 5.85. The first-order chi connectivity index (χ1) is 9.97. The SMILES string of the molecule is CCN(CCO)C(=O)CC(NC(C)=O)c1ccc(Cl)cc1. The number of nitrogens with one attached hydrogen (secondary N) is 1. The second-order valence-electron chi connectivity index (χ2n) is 4.71. The molecule has 1 aromatic carbocycles.